The van der Waals surface area contributed by atoms with Gasteiger partial charge in [-0.05, 0) is 23.3 Å². The maximum absolute atomic E-state index is 12.6. The first-order valence-electron chi connectivity index (χ1n) is 6.36. The fourth-order valence-electron chi connectivity index (χ4n) is 2.49. The molecule has 0 N–H and O–H groups in total. The van der Waals surface area contributed by atoms with E-state index in [9.17, 15) is 14.9 Å². The van der Waals surface area contributed by atoms with Crippen molar-refractivity contribution in [1.82, 2.24) is 4.90 Å². The molecule has 0 saturated carbocycles. The predicted molar refractivity (Wildman–Crippen MR) is 78.1 cm³/mol. The van der Waals surface area contributed by atoms with Gasteiger partial charge in [-0.1, -0.05) is 35.9 Å². The van der Waals surface area contributed by atoms with Crippen LogP contribution in [0.1, 0.15) is 21.5 Å². The summed E-state index contributed by atoms with van der Waals surface area (Å²) in [7, 11) is 0. The molecule has 1 aliphatic heterocycles. The van der Waals surface area contributed by atoms with Gasteiger partial charge in [0, 0.05) is 24.2 Å². The summed E-state index contributed by atoms with van der Waals surface area (Å²) in [5.41, 5.74) is 1.94. The van der Waals surface area contributed by atoms with Gasteiger partial charge in [-0.15, -0.1) is 0 Å². The first kappa shape index (κ1) is 13.6. The average molecular weight is 303 g/mol. The fourth-order valence-corrected chi connectivity index (χ4v) is 2.66. The molecule has 0 aromatic heterocycles. The molecule has 2 aromatic rings. The normalized spacial score (nSPS) is 13.1. The Morgan fingerprint density at radius 2 is 1.76 bits per heavy atom. The third kappa shape index (κ3) is 2.48. The van der Waals surface area contributed by atoms with E-state index >= 15 is 0 Å². The zero-order valence-corrected chi connectivity index (χ0v) is 11.7. The van der Waals surface area contributed by atoms with Gasteiger partial charge >= 0.3 is 0 Å². The lowest BCUT2D eigenvalue weighted by Crippen LogP contribution is -2.26. The number of nitro groups is 1. The smallest absolute Gasteiger partial charge is 0.282 e. The molecule has 0 bridgehead atoms. The van der Waals surface area contributed by atoms with E-state index in [-0.39, 0.29) is 17.2 Å². The Kier molecular flexibility index (Phi) is 3.35. The summed E-state index contributed by atoms with van der Waals surface area (Å²) in [6.07, 6.45) is 0. The molecule has 21 heavy (non-hydrogen) atoms. The molecule has 0 radical (unpaired) electrons. The van der Waals surface area contributed by atoms with Crippen LogP contribution < -0.4 is 0 Å². The number of carbonyl (C=O) groups is 1. The van der Waals surface area contributed by atoms with Crippen molar-refractivity contribution >= 4 is 23.2 Å². The lowest BCUT2D eigenvalue weighted by molar-refractivity contribution is -0.385. The van der Waals surface area contributed by atoms with Crippen molar-refractivity contribution in [1.29, 1.82) is 0 Å². The second-order valence-corrected chi connectivity index (χ2v) is 5.28. The van der Waals surface area contributed by atoms with Crippen LogP contribution >= 0.6 is 11.6 Å². The molecule has 0 aliphatic carbocycles. The molecule has 0 fully saturated rings. The number of amides is 1. The zero-order valence-electron chi connectivity index (χ0n) is 11.0. The third-order valence-corrected chi connectivity index (χ3v) is 3.75. The lowest BCUT2D eigenvalue weighted by Gasteiger charge is -2.15. The minimum atomic E-state index is -0.563. The summed E-state index contributed by atoms with van der Waals surface area (Å²) >= 11 is 5.87. The van der Waals surface area contributed by atoms with Crippen molar-refractivity contribution in [3.8, 4) is 0 Å². The van der Waals surface area contributed by atoms with Crippen LogP contribution in [0.2, 0.25) is 5.02 Å². The maximum atomic E-state index is 12.6. The molecule has 6 heteroatoms. The van der Waals surface area contributed by atoms with Gasteiger partial charge in [-0.25, -0.2) is 0 Å². The number of rotatable bonds is 2. The molecule has 2 aromatic carbocycles. The van der Waals surface area contributed by atoms with Gasteiger partial charge in [0.05, 0.1) is 4.92 Å². The van der Waals surface area contributed by atoms with E-state index in [1.807, 2.05) is 24.3 Å². The number of carbonyl (C=O) groups excluding carboxylic acids is 1. The van der Waals surface area contributed by atoms with Gasteiger partial charge in [0.25, 0.3) is 11.6 Å². The molecule has 1 heterocycles. The largest absolute Gasteiger partial charge is 0.330 e. The van der Waals surface area contributed by atoms with Gasteiger partial charge in [-0.3, -0.25) is 14.9 Å². The van der Waals surface area contributed by atoms with Crippen LogP contribution in [0.15, 0.2) is 42.5 Å². The number of hydrogen-bond acceptors (Lipinski definition) is 3. The lowest BCUT2D eigenvalue weighted by atomic mass is 10.1. The van der Waals surface area contributed by atoms with Crippen molar-refractivity contribution < 1.29 is 9.72 Å². The van der Waals surface area contributed by atoms with Gasteiger partial charge in [0.2, 0.25) is 0 Å². The Bertz CT molecular complexity index is 720. The summed E-state index contributed by atoms with van der Waals surface area (Å²) in [5, 5.41) is 11.4. The van der Waals surface area contributed by atoms with Crippen molar-refractivity contribution in [3.63, 3.8) is 0 Å². The van der Waals surface area contributed by atoms with Gasteiger partial charge in [0.1, 0.15) is 5.56 Å². The van der Waals surface area contributed by atoms with Crippen molar-refractivity contribution in [3.05, 3.63) is 74.3 Å². The van der Waals surface area contributed by atoms with E-state index in [4.69, 9.17) is 11.6 Å². The number of halogens is 1. The van der Waals surface area contributed by atoms with Crippen molar-refractivity contribution in [2.75, 3.05) is 0 Å². The number of hydrogen-bond donors (Lipinski definition) is 0. The van der Waals surface area contributed by atoms with E-state index in [1.54, 1.807) is 4.90 Å². The molecule has 0 atom stereocenters. The van der Waals surface area contributed by atoms with Gasteiger partial charge in [-0.2, -0.15) is 0 Å². The monoisotopic (exact) mass is 302 g/mol. The number of nitro benzene ring substituents is 1. The van der Waals surface area contributed by atoms with Crippen molar-refractivity contribution in [2.45, 2.75) is 13.1 Å². The minimum Gasteiger partial charge on any atom is -0.330 e. The average Bonchev–Trinajstić information content (AvgIpc) is 2.89. The Hall–Kier alpha value is -2.40. The molecule has 0 spiro atoms. The molecular formula is C15H11ClN2O3. The summed E-state index contributed by atoms with van der Waals surface area (Å²) in [6, 6.07) is 11.8. The third-order valence-electron chi connectivity index (χ3n) is 3.51. The summed E-state index contributed by atoms with van der Waals surface area (Å²) in [5.74, 6) is -0.375. The second kappa shape index (κ2) is 5.18. The highest BCUT2D eigenvalue weighted by atomic mass is 35.5. The number of nitrogens with zero attached hydrogens (tertiary/aromatic N) is 2. The summed E-state index contributed by atoms with van der Waals surface area (Å²) in [4.78, 5) is 24.6. The summed E-state index contributed by atoms with van der Waals surface area (Å²) in [6.45, 7) is 0.914. The Balaban J connectivity index is 1.94. The second-order valence-electron chi connectivity index (χ2n) is 4.85. The van der Waals surface area contributed by atoms with Crippen molar-refractivity contribution in [2.24, 2.45) is 0 Å². The van der Waals surface area contributed by atoms with Crippen LogP contribution in [0.5, 0.6) is 0 Å². The van der Waals surface area contributed by atoms with Crippen LogP contribution in [0, 0.1) is 10.1 Å². The number of benzene rings is 2. The highest BCUT2D eigenvalue weighted by Gasteiger charge is 2.29. The van der Waals surface area contributed by atoms with Gasteiger partial charge in [0.15, 0.2) is 0 Å². The van der Waals surface area contributed by atoms with Crippen LogP contribution in [0.25, 0.3) is 0 Å². The zero-order chi connectivity index (χ0) is 15.0. The maximum Gasteiger partial charge on any atom is 0.282 e. The van der Waals surface area contributed by atoms with Crippen LogP contribution in [-0.2, 0) is 13.1 Å². The first-order valence-corrected chi connectivity index (χ1v) is 6.74. The van der Waals surface area contributed by atoms with Crippen LogP contribution in [0.4, 0.5) is 5.69 Å². The van der Waals surface area contributed by atoms with Gasteiger partial charge < -0.3 is 4.90 Å². The molecule has 3 rings (SSSR count). The standard InChI is InChI=1S/C15H11ClN2O3/c16-12-5-6-14(18(20)21)13(7-12)15(19)17-8-10-3-1-2-4-11(10)9-17/h1-7H,8-9H2. The van der Waals surface area contributed by atoms with Crippen LogP contribution in [-0.4, -0.2) is 15.7 Å². The highest BCUT2D eigenvalue weighted by molar-refractivity contribution is 6.31. The molecule has 5 nitrogen and oxygen atoms in total. The Labute approximate surface area is 125 Å². The van der Waals surface area contributed by atoms with E-state index in [0.717, 1.165) is 11.1 Å². The predicted octanol–water partition coefficient (Wildman–Crippen LogP) is 3.40. The molecule has 1 aliphatic rings. The van der Waals surface area contributed by atoms with Crippen LogP contribution in [0.3, 0.4) is 0 Å². The molecule has 1 amide bonds. The van der Waals surface area contributed by atoms with E-state index in [2.05, 4.69) is 0 Å². The topological polar surface area (TPSA) is 63.4 Å². The molecular weight excluding hydrogens is 292 g/mol. The first-order chi connectivity index (χ1) is 10.1. The Morgan fingerprint density at radius 1 is 1.14 bits per heavy atom. The minimum absolute atomic E-state index is 0.0281. The quantitative estimate of drug-likeness (QED) is 0.631. The molecule has 106 valence electrons. The van der Waals surface area contributed by atoms with E-state index < -0.39 is 4.92 Å². The molecule has 0 saturated heterocycles. The highest BCUT2D eigenvalue weighted by Crippen LogP contribution is 2.28. The fraction of sp³-hybridized carbons (Fsp3) is 0.133. The number of fused-ring (bicyclic) bond motifs is 1. The Morgan fingerprint density at radius 3 is 2.33 bits per heavy atom. The van der Waals surface area contributed by atoms with E-state index in [0.29, 0.717) is 18.1 Å². The molecule has 0 unspecified atom stereocenters. The summed E-state index contributed by atoms with van der Waals surface area (Å²) < 4.78 is 0. The SMILES string of the molecule is O=C(c1cc(Cl)ccc1[N+](=O)[O-])N1Cc2ccccc2C1. The van der Waals surface area contributed by atoms with E-state index in [1.165, 1.54) is 18.2 Å².